The van der Waals surface area contributed by atoms with E-state index in [1.54, 1.807) is 31.4 Å². The Morgan fingerprint density at radius 3 is 2.83 bits per heavy atom. The van der Waals surface area contributed by atoms with E-state index in [9.17, 15) is 4.79 Å². The minimum Gasteiger partial charge on any atom is -0.497 e. The fourth-order valence-electron chi connectivity index (χ4n) is 3.06. The molecule has 0 aliphatic heterocycles. The predicted molar refractivity (Wildman–Crippen MR) is 119 cm³/mol. The first-order chi connectivity index (χ1) is 14.5. The van der Waals surface area contributed by atoms with E-state index in [4.69, 9.17) is 32.7 Å². The third-order valence-electron chi connectivity index (χ3n) is 4.74. The normalized spacial score (nSPS) is 13.2. The molecule has 2 aromatic carbocycles. The molecular formula is C22H20Cl2N2O3S. The summed E-state index contributed by atoms with van der Waals surface area (Å²) in [6, 6.07) is 12.6. The van der Waals surface area contributed by atoms with Crippen molar-refractivity contribution in [3.05, 3.63) is 74.2 Å². The molecule has 0 N–H and O–H groups in total. The molecule has 5 nitrogen and oxygen atoms in total. The summed E-state index contributed by atoms with van der Waals surface area (Å²) in [4.78, 5) is 19.6. The van der Waals surface area contributed by atoms with Crippen molar-refractivity contribution in [2.75, 3.05) is 7.11 Å². The molecule has 30 heavy (non-hydrogen) atoms. The Hall–Kier alpha value is -2.28. The molecule has 0 spiro atoms. The number of ether oxygens (including phenoxy) is 2. The summed E-state index contributed by atoms with van der Waals surface area (Å²) in [5, 5.41) is 3.84. The number of aromatic nitrogens is 1. The SMILES string of the molecule is COc1cccc(C(=O)N(Cc2csc(COc3cc(Cl)ccc3Cl)n2)C2CC2)c1. The van der Waals surface area contributed by atoms with Gasteiger partial charge in [0.2, 0.25) is 0 Å². The van der Waals surface area contributed by atoms with Gasteiger partial charge in [-0.25, -0.2) is 4.98 Å². The number of methoxy groups -OCH3 is 1. The molecule has 1 aliphatic rings. The number of amides is 1. The molecule has 0 saturated heterocycles. The van der Waals surface area contributed by atoms with Gasteiger partial charge in [0.05, 0.1) is 24.4 Å². The van der Waals surface area contributed by atoms with Crippen molar-refractivity contribution in [1.29, 1.82) is 0 Å². The number of thiazole rings is 1. The largest absolute Gasteiger partial charge is 0.497 e. The Kier molecular flexibility index (Phi) is 6.46. The van der Waals surface area contributed by atoms with E-state index in [1.165, 1.54) is 11.3 Å². The van der Waals surface area contributed by atoms with Gasteiger partial charge in [0, 0.05) is 28.1 Å². The van der Waals surface area contributed by atoms with Gasteiger partial charge in [0.25, 0.3) is 5.91 Å². The smallest absolute Gasteiger partial charge is 0.254 e. The van der Waals surface area contributed by atoms with Gasteiger partial charge in [-0.3, -0.25) is 4.79 Å². The maximum absolute atomic E-state index is 13.1. The Balaban J connectivity index is 1.43. The van der Waals surface area contributed by atoms with Crippen molar-refractivity contribution in [1.82, 2.24) is 9.88 Å². The number of benzene rings is 2. The molecule has 0 bridgehead atoms. The summed E-state index contributed by atoms with van der Waals surface area (Å²) in [5.41, 5.74) is 1.47. The van der Waals surface area contributed by atoms with Crippen LogP contribution in [0, 0.1) is 0 Å². The Bertz CT molecular complexity index is 1050. The molecule has 0 atom stereocenters. The first-order valence-electron chi connectivity index (χ1n) is 9.49. The maximum atomic E-state index is 13.1. The summed E-state index contributed by atoms with van der Waals surface area (Å²) >= 11 is 13.6. The molecule has 1 fully saturated rings. The average molecular weight is 463 g/mol. The lowest BCUT2D eigenvalue weighted by molar-refractivity contribution is 0.0727. The zero-order valence-corrected chi connectivity index (χ0v) is 18.6. The molecule has 1 amide bonds. The maximum Gasteiger partial charge on any atom is 0.254 e. The van der Waals surface area contributed by atoms with E-state index >= 15 is 0 Å². The van der Waals surface area contributed by atoms with Crippen molar-refractivity contribution in [3.63, 3.8) is 0 Å². The second-order valence-corrected chi connectivity index (χ2v) is 8.78. The molecule has 0 unspecified atom stereocenters. The zero-order valence-electron chi connectivity index (χ0n) is 16.3. The van der Waals surface area contributed by atoms with Crippen molar-refractivity contribution in [2.45, 2.75) is 32.0 Å². The van der Waals surface area contributed by atoms with Crippen LogP contribution in [-0.4, -0.2) is 28.9 Å². The van der Waals surface area contributed by atoms with Crippen LogP contribution in [-0.2, 0) is 13.2 Å². The highest BCUT2D eigenvalue weighted by molar-refractivity contribution is 7.09. The van der Waals surface area contributed by atoms with Crippen LogP contribution in [0.2, 0.25) is 10.0 Å². The van der Waals surface area contributed by atoms with Crippen molar-refractivity contribution in [3.8, 4) is 11.5 Å². The highest BCUT2D eigenvalue weighted by Crippen LogP contribution is 2.31. The summed E-state index contributed by atoms with van der Waals surface area (Å²) < 4.78 is 11.0. The predicted octanol–water partition coefficient (Wildman–Crippen LogP) is 5.84. The number of rotatable bonds is 8. The summed E-state index contributed by atoms with van der Waals surface area (Å²) in [7, 11) is 1.59. The molecule has 1 aliphatic carbocycles. The molecule has 156 valence electrons. The van der Waals surface area contributed by atoms with Gasteiger partial charge in [-0.15, -0.1) is 11.3 Å². The van der Waals surface area contributed by atoms with Gasteiger partial charge in [-0.05, 0) is 43.2 Å². The van der Waals surface area contributed by atoms with Crippen LogP contribution in [0.25, 0.3) is 0 Å². The highest BCUT2D eigenvalue weighted by Gasteiger charge is 2.33. The zero-order chi connectivity index (χ0) is 21.1. The van der Waals surface area contributed by atoms with Gasteiger partial charge in [-0.1, -0.05) is 29.3 Å². The minimum atomic E-state index is -0.00657. The topological polar surface area (TPSA) is 51.7 Å². The first kappa shape index (κ1) is 21.0. The van der Waals surface area contributed by atoms with Crippen LogP contribution in [0.15, 0.2) is 47.8 Å². The summed E-state index contributed by atoms with van der Waals surface area (Å²) in [6.45, 7) is 0.757. The van der Waals surface area contributed by atoms with E-state index in [0.717, 1.165) is 23.5 Å². The lowest BCUT2D eigenvalue weighted by Gasteiger charge is -2.21. The fraction of sp³-hybridized carbons (Fsp3) is 0.273. The third-order valence-corrected chi connectivity index (χ3v) is 6.16. The van der Waals surface area contributed by atoms with Gasteiger partial charge in [0.15, 0.2) is 0 Å². The number of carbonyl (C=O) groups is 1. The van der Waals surface area contributed by atoms with E-state index in [1.807, 2.05) is 28.5 Å². The second-order valence-electron chi connectivity index (χ2n) is 6.99. The van der Waals surface area contributed by atoms with Crippen LogP contribution < -0.4 is 9.47 Å². The highest BCUT2D eigenvalue weighted by atomic mass is 35.5. The Morgan fingerprint density at radius 1 is 1.23 bits per heavy atom. The van der Waals surface area contributed by atoms with Crippen LogP contribution in [0.4, 0.5) is 0 Å². The van der Waals surface area contributed by atoms with Gasteiger partial charge in [0.1, 0.15) is 23.1 Å². The van der Waals surface area contributed by atoms with E-state index in [-0.39, 0.29) is 18.6 Å². The van der Waals surface area contributed by atoms with Crippen LogP contribution in [0.5, 0.6) is 11.5 Å². The average Bonchev–Trinajstić information content (AvgIpc) is 3.51. The molecule has 1 saturated carbocycles. The molecule has 4 rings (SSSR count). The standard InChI is InChI=1S/C22H20Cl2N2O3S/c1-28-18-4-2-3-14(9-18)22(27)26(17-6-7-17)11-16-13-30-21(25-16)12-29-20-10-15(23)5-8-19(20)24/h2-5,8-10,13,17H,6-7,11-12H2,1H3. The number of hydrogen-bond acceptors (Lipinski definition) is 5. The lowest BCUT2D eigenvalue weighted by atomic mass is 10.2. The fourth-order valence-corrected chi connectivity index (χ4v) is 4.09. The van der Waals surface area contributed by atoms with E-state index in [0.29, 0.717) is 33.7 Å². The molecule has 8 heteroatoms. The van der Waals surface area contributed by atoms with Crippen molar-refractivity contribution in [2.24, 2.45) is 0 Å². The van der Waals surface area contributed by atoms with E-state index in [2.05, 4.69) is 4.98 Å². The number of halogens is 2. The second kappa shape index (κ2) is 9.25. The van der Waals surface area contributed by atoms with Crippen LogP contribution in [0.3, 0.4) is 0 Å². The summed E-state index contributed by atoms with van der Waals surface area (Å²) in [6.07, 6.45) is 2.03. The third kappa shape index (κ3) is 5.06. The quantitative estimate of drug-likeness (QED) is 0.421. The number of carbonyl (C=O) groups excluding carboxylic acids is 1. The van der Waals surface area contributed by atoms with E-state index < -0.39 is 0 Å². The van der Waals surface area contributed by atoms with Crippen LogP contribution in [0.1, 0.15) is 33.9 Å². The lowest BCUT2D eigenvalue weighted by Crippen LogP contribution is -2.32. The Morgan fingerprint density at radius 2 is 2.07 bits per heavy atom. The molecule has 0 radical (unpaired) electrons. The van der Waals surface area contributed by atoms with Crippen LogP contribution >= 0.6 is 34.5 Å². The molecule has 1 heterocycles. The van der Waals surface area contributed by atoms with Gasteiger partial charge < -0.3 is 14.4 Å². The monoisotopic (exact) mass is 462 g/mol. The summed E-state index contributed by atoms with van der Waals surface area (Å²) in [5.74, 6) is 1.19. The van der Waals surface area contributed by atoms with Crippen molar-refractivity contribution >= 4 is 40.4 Å². The number of hydrogen-bond donors (Lipinski definition) is 0. The minimum absolute atomic E-state index is 0.00657. The number of nitrogens with zero attached hydrogens (tertiary/aromatic N) is 2. The molecular weight excluding hydrogens is 443 g/mol. The Labute approximate surface area is 189 Å². The van der Waals surface area contributed by atoms with Gasteiger partial charge >= 0.3 is 0 Å². The van der Waals surface area contributed by atoms with Crippen molar-refractivity contribution < 1.29 is 14.3 Å². The molecule has 3 aromatic rings. The first-order valence-corrected chi connectivity index (χ1v) is 11.1. The molecule has 1 aromatic heterocycles. The van der Waals surface area contributed by atoms with Gasteiger partial charge in [-0.2, -0.15) is 0 Å².